The number of halogens is 3. The summed E-state index contributed by atoms with van der Waals surface area (Å²) in [6.45, 7) is 0. The van der Waals surface area contributed by atoms with E-state index >= 15 is 0 Å². The van der Waals surface area contributed by atoms with Gasteiger partial charge in [-0.25, -0.2) is 4.99 Å². The minimum Gasteiger partial charge on any atom is -0.423 e. The zero-order valence-electron chi connectivity index (χ0n) is 16.2. The number of hydrogen-bond donors (Lipinski definition) is 2. The first-order valence-corrected chi connectivity index (χ1v) is 9.93. The number of rotatable bonds is 2. The molecule has 1 aromatic carbocycles. The second-order valence-electron chi connectivity index (χ2n) is 7.55. The van der Waals surface area contributed by atoms with Crippen molar-refractivity contribution in [3.63, 3.8) is 0 Å². The lowest BCUT2D eigenvalue weighted by molar-refractivity contribution is -0.155. The SMILES string of the molecule is O=C1CCCC2=C1C(C1=NC=CCC1C(F)(F)F)N=C(Nc1nc3ccccc3o1)N2. The lowest BCUT2D eigenvalue weighted by Crippen LogP contribution is -2.47. The van der Waals surface area contributed by atoms with E-state index in [2.05, 4.69) is 25.6 Å². The number of ketones is 1. The highest BCUT2D eigenvalue weighted by molar-refractivity contribution is 6.11. The first-order chi connectivity index (χ1) is 14.9. The molecule has 1 aliphatic carbocycles. The number of aliphatic imine (C=N–C) groups is 2. The third-order valence-corrected chi connectivity index (χ3v) is 5.51. The van der Waals surface area contributed by atoms with Gasteiger partial charge < -0.3 is 9.73 Å². The second-order valence-corrected chi connectivity index (χ2v) is 7.55. The summed E-state index contributed by atoms with van der Waals surface area (Å²) < 4.78 is 46.8. The average molecular weight is 429 g/mol. The van der Waals surface area contributed by atoms with E-state index in [1.807, 2.05) is 6.07 Å². The highest BCUT2D eigenvalue weighted by atomic mass is 19.4. The van der Waals surface area contributed by atoms with Gasteiger partial charge in [0.25, 0.3) is 0 Å². The van der Waals surface area contributed by atoms with Crippen LogP contribution in [0, 0.1) is 5.92 Å². The van der Waals surface area contributed by atoms with Crippen molar-refractivity contribution in [2.45, 2.75) is 37.9 Å². The normalized spacial score (nSPS) is 23.9. The minimum atomic E-state index is -4.49. The third-order valence-electron chi connectivity index (χ3n) is 5.51. The van der Waals surface area contributed by atoms with Crippen molar-refractivity contribution >= 4 is 34.6 Å². The number of Topliss-reactive ketones (excluding diaryl/α,β-unsaturated/α-hetero) is 1. The molecule has 3 heterocycles. The van der Waals surface area contributed by atoms with E-state index in [9.17, 15) is 18.0 Å². The molecule has 0 saturated heterocycles. The number of nitrogens with zero attached hydrogens (tertiary/aromatic N) is 3. The largest absolute Gasteiger partial charge is 0.423 e. The molecular formula is C21H18F3N5O2. The molecule has 0 amide bonds. The van der Waals surface area contributed by atoms with Gasteiger partial charge in [0.05, 0.1) is 11.6 Å². The number of fused-ring (bicyclic) bond motifs is 1. The summed E-state index contributed by atoms with van der Waals surface area (Å²) in [5.41, 5.74) is 1.84. The van der Waals surface area contributed by atoms with E-state index in [0.717, 1.165) is 0 Å². The van der Waals surface area contributed by atoms with Gasteiger partial charge in [0.15, 0.2) is 11.4 Å². The van der Waals surface area contributed by atoms with Gasteiger partial charge in [-0.2, -0.15) is 18.2 Å². The molecule has 5 rings (SSSR count). The number of benzene rings is 1. The zero-order valence-corrected chi connectivity index (χ0v) is 16.2. The van der Waals surface area contributed by atoms with Crippen molar-refractivity contribution in [2.24, 2.45) is 15.9 Å². The fourth-order valence-electron chi connectivity index (χ4n) is 4.09. The number of hydrogen-bond acceptors (Lipinski definition) is 7. The number of nitrogens with one attached hydrogen (secondary N) is 2. The Morgan fingerprint density at radius 1 is 1.19 bits per heavy atom. The van der Waals surface area contributed by atoms with Gasteiger partial charge in [-0.05, 0) is 31.4 Å². The number of alkyl halides is 3. The van der Waals surface area contributed by atoms with Gasteiger partial charge in [-0.1, -0.05) is 18.2 Å². The van der Waals surface area contributed by atoms with Gasteiger partial charge >= 0.3 is 12.2 Å². The van der Waals surface area contributed by atoms with Crippen molar-refractivity contribution in [3.8, 4) is 0 Å². The standard InChI is InChI=1S/C21H18F3N5O2/c22-21(23,24)11-5-4-10-25-17(11)18-16-13(7-3-8-14(16)30)26-19(28-18)29-20-27-12-6-1-2-9-15(12)31-20/h1-2,4,6,9-11,18H,3,5,7-8H2,(H2,26,27,28,29). The van der Waals surface area contributed by atoms with Crippen molar-refractivity contribution in [1.82, 2.24) is 10.3 Å². The van der Waals surface area contributed by atoms with Gasteiger partial charge in [-0.15, -0.1) is 0 Å². The number of guanidine groups is 1. The summed E-state index contributed by atoms with van der Waals surface area (Å²) in [5, 5.41) is 5.95. The van der Waals surface area contributed by atoms with Crippen LogP contribution in [0.15, 0.2) is 62.2 Å². The highest BCUT2D eigenvalue weighted by Gasteiger charge is 2.48. The molecule has 31 heavy (non-hydrogen) atoms. The van der Waals surface area contributed by atoms with E-state index in [1.165, 1.54) is 12.3 Å². The molecule has 0 bridgehead atoms. The summed E-state index contributed by atoms with van der Waals surface area (Å²) in [5.74, 6) is -1.83. The molecule has 7 nitrogen and oxygen atoms in total. The maximum absolute atomic E-state index is 13.7. The van der Waals surface area contributed by atoms with E-state index in [0.29, 0.717) is 29.6 Å². The number of carbonyl (C=O) groups is 1. The second kappa shape index (κ2) is 7.36. The van der Waals surface area contributed by atoms with Crippen LogP contribution in [-0.4, -0.2) is 34.7 Å². The highest BCUT2D eigenvalue weighted by Crippen LogP contribution is 2.37. The van der Waals surface area contributed by atoms with E-state index in [4.69, 9.17) is 4.42 Å². The predicted molar refractivity (Wildman–Crippen MR) is 109 cm³/mol. The van der Waals surface area contributed by atoms with Crippen LogP contribution < -0.4 is 10.6 Å². The molecule has 2 N–H and O–H groups in total. The van der Waals surface area contributed by atoms with E-state index in [1.54, 1.807) is 18.2 Å². The van der Waals surface area contributed by atoms with Crippen molar-refractivity contribution in [2.75, 3.05) is 5.32 Å². The Kier molecular flexibility index (Phi) is 4.64. The summed E-state index contributed by atoms with van der Waals surface area (Å²) in [6.07, 6.45) is -0.574. The first-order valence-electron chi connectivity index (χ1n) is 9.93. The maximum atomic E-state index is 13.7. The molecular weight excluding hydrogens is 411 g/mol. The number of aromatic nitrogens is 1. The molecule has 0 fully saturated rings. The summed E-state index contributed by atoms with van der Waals surface area (Å²) >= 11 is 0. The van der Waals surface area contributed by atoms with Gasteiger partial charge in [0.1, 0.15) is 11.6 Å². The van der Waals surface area contributed by atoms with E-state index in [-0.39, 0.29) is 41.9 Å². The fraction of sp³-hybridized carbons (Fsp3) is 0.333. The quantitative estimate of drug-likeness (QED) is 0.750. The van der Waals surface area contributed by atoms with Crippen LogP contribution in [-0.2, 0) is 4.79 Å². The molecule has 160 valence electrons. The Morgan fingerprint density at radius 3 is 2.84 bits per heavy atom. The summed E-state index contributed by atoms with van der Waals surface area (Å²) in [6, 6.07) is 6.19. The molecule has 1 aromatic heterocycles. The summed E-state index contributed by atoms with van der Waals surface area (Å²) in [4.78, 5) is 25.4. The lowest BCUT2D eigenvalue weighted by atomic mass is 9.82. The third kappa shape index (κ3) is 3.62. The zero-order chi connectivity index (χ0) is 21.6. The molecule has 2 unspecified atom stereocenters. The fourth-order valence-corrected chi connectivity index (χ4v) is 4.09. The molecule has 2 aromatic rings. The molecule has 0 radical (unpaired) electrons. The van der Waals surface area contributed by atoms with Crippen molar-refractivity contribution < 1.29 is 22.4 Å². The summed E-state index contributed by atoms with van der Waals surface area (Å²) in [7, 11) is 0. The van der Waals surface area contributed by atoms with Crippen LogP contribution >= 0.6 is 0 Å². The number of oxazole rings is 1. The van der Waals surface area contributed by atoms with Crippen LogP contribution in [0.1, 0.15) is 25.7 Å². The number of anilines is 1. The molecule has 10 heteroatoms. The molecule has 2 atom stereocenters. The Hall–Kier alpha value is -3.43. The molecule has 0 spiro atoms. The predicted octanol–water partition coefficient (Wildman–Crippen LogP) is 4.11. The van der Waals surface area contributed by atoms with E-state index < -0.39 is 18.1 Å². The first kappa shape index (κ1) is 19.5. The Labute approximate surface area is 174 Å². The minimum absolute atomic E-state index is 0.148. The number of para-hydroxylation sites is 2. The van der Waals surface area contributed by atoms with Crippen LogP contribution in [0.4, 0.5) is 19.2 Å². The number of carbonyl (C=O) groups excluding carboxylic acids is 1. The Bertz CT molecular complexity index is 1140. The van der Waals surface area contributed by atoms with Crippen molar-refractivity contribution in [1.29, 1.82) is 0 Å². The van der Waals surface area contributed by atoms with Crippen LogP contribution in [0.3, 0.4) is 0 Å². The number of allylic oxidation sites excluding steroid dienone is 2. The van der Waals surface area contributed by atoms with Crippen LogP contribution in [0.2, 0.25) is 0 Å². The van der Waals surface area contributed by atoms with Crippen molar-refractivity contribution in [3.05, 3.63) is 47.8 Å². The average Bonchev–Trinajstić information content (AvgIpc) is 3.15. The topological polar surface area (TPSA) is 91.9 Å². The van der Waals surface area contributed by atoms with Crippen LogP contribution in [0.5, 0.6) is 0 Å². The lowest BCUT2D eigenvalue weighted by Gasteiger charge is -2.34. The maximum Gasteiger partial charge on any atom is 0.397 e. The Morgan fingerprint density at radius 2 is 2.03 bits per heavy atom. The molecule has 2 aliphatic heterocycles. The van der Waals surface area contributed by atoms with Crippen LogP contribution in [0.25, 0.3) is 11.1 Å². The monoisotopic (exact) mass is 429 g/mol. The van der Waals surface area contributed by atoms with Gasteiger partial charge in [0.2, 0.25) is 5.96 Å². The van der Waals surface area contributed by atoms with Gasteiger partial charge in [-0.3, -0.25) is 15.1 Å². The van der Waals surface area contributed by atoms with Gasteiger partial charge in [0, 0.05) is 23.9 Å². The Balaban J connectivity index is 1.54. The smallest absolute Gasteiger partial charge is 0.397 e. The molecule has 3 aliphatic rings. The molecule has 0 saturated carbocycles.